The Kier molecular flexibility index (Phi) is 23.6. The Labute approximate surface area is 152 Å². The summed E-state index contributed by atoms with van der Waals surface area (Å²) in [5.74, 6) is 0. The van der Waals surface area contributed by atoms with Gasteiger partial charge in [0.1, 0.15) is 0 Å². The minimum absolute atomic E-state index is 0. The van der Waals surface area contributed by atoms with Crippen molar-refractivity contribution in [3.8, 4) is 0 Å². The molecule has 101 valence electrons. The predicted octanol–water partition coefficient (Wildman–Crippen LogP) is -7.64. The van der Waals surface area contributed by atoms with Crippen LogP contribution in [0.1, 0.15) is 0 Å². The van der Waals surface area contributed by atoms with E-state index in [4.69, 9.17) is 47.1 Å². The van der Waals surface area contributed by atoms with Gasteiger partial charge in [-0.2, -0.15) is 0 Å². The van der Waals surface area contributed by atoms with Crippen molar-refractivity contribution in [2.75, 3.05) is 0 Å². The van der Waals surface area contributed by atoms with Crippen LogP contribution in [-0.2, 0) is 90.5 Å². The summed E-state index contributed by atoms with van der Waals surface area (Å²) in [6.45, 7) is 0. The molecule has 0 heterocycles. The molecule has 17 heteroatoms. The van der Waals surface area contributed by atoms with E-state index in [9.17, 15) is 0 Å². The monoisotopic (exact) mass is 451 g/mol. The first-order valence-electron chi connectivity index (χ1n) is 1.85. The van der Waals surface area contributed by atoms with Gasteiger partial charge in [-0.1, -0.05) is 0 Å². The quantitative estimate of drug-likeness (QED) is 0.313. The molecule has 0 spiro atoms. The molecular weight excluding hydrogens is 451 g/mol. The van der Waals surface area contributed by atoms with E-state index in [-0.39, 0.29) is 68.5 Å². The first-order valence-corrected chi connectivity index (χ1v) is 7.63. The number of hydrogen-bond donors (Lipinski definition) is 0. The maximum atomic E-state index is 8.58. The van der Waals surface area contributed by atoms with Crippen molar-refractivity contribution in [3.05, 3.63) is 0 Å². The summed E-state index contributed by atoms with van der Waals surface area (Å²) >= 11 is -16.9. The summed E-state index contributed by atoms with van der Waals surface area (Å²) in [5, 5.41) is 0. The van der Waals surface area contributed by atoms with Crippen LogP contribution in [0, 0.1) is 0 Å². The maximum absolute atomic E-state index is 8.58. The van der Waals surface area contributed by atoms with Crippen LogP contribution < -0.4 is 64.0 Å². The topological polar surface area (TPSA) is 223 Å². The van der Waals surface area contributed by atoms with Crippen LogP contribution in [0.25, 0.3) is 0 Å². The van der Waals surface area contributed by atoms with Gasteiger partial charge in [-0.05, 0) is 0 Å². The van der Waals surface area contributed by atoms with E-state index in [1.807, 2.05) is 0 Å². The number of hydrogen-bond acceptors (Lipinski definition) is 12. The Morgan fingerprint density at radius 3 is 0.471 bits per heavy atom. The standard InChI is InChI=1S/K.4Mn.12O/q+1;;;;+2;;;;;;;;;;3*-1. The van der Waals surface area contributed by atoms with Crippen molar-refractivity contribution < 1.29 is 154 Å². The van der Waals surface area contributed by atoms with Gasteiger partial charge in [-0.25, -0.2) is 0 Å². The summed E-state index contributed by atoms with van der Waals surface area (Å²) in [6, 6.07) is 0. The van der Waals surface area contributed by atoms with E-state index < -0.39 is 38.9 Å². The van der Waals surface area contributed by atoms with Gasteiger partial charge in [0.05, 0.1) is 0 Å². The normalized spacial score (nSPS) is 10.1. The van der Waals surface area contributed by atoms with Crippen LogP contribution in [0.4, 0.5) is 0 Å². The fourth-order valence-corrected chi connectivity index (χ4v) is 0. The van der Waals surface area contributed by atoms with Crippen LogP contribution in [-0.4, -0.2) is 0 Å². The van der Waals surface area contributed by atoms with Gasteiger partial charge in [-0.3, -0.25) is 0 Å². The molecule has 0 aliphatic rings. The van der Waals surface area contributed by atoms with E-state index in [2.05, 4.69) is 0 Å². The fourth-order valence-electron chi connectivity index (χ4n) is 0. The zero-order valence-corrected chi connectivity index (χ0v) is 15.3. The molecule has 0 amide bonds. The molecule has 0 saturated heterocycles. The third-order valence-electron chi connectivity index (χ3n) is 0. The summed E-state index contributed by atoms with van der Waals surface area (Å²) in [6.07, 6.45) is 0. The summed E-state index contributed by atoms with van der Waals surface area (Å²) in [5.41, 5.74) is 0. The van der Waals surface area contributed by atoms with E-state index in [0.29, 0.717) is 0 Å². The zero-order valence-electron chi connectivity index (χ0n) is 7.41. The van der Waals surface area contributed by atoms with Crippen LogP contribution in [0.15, 0.2) is 0 Å². The molecule has 0 saturated carbocycles. The van der Waals surface area contributed by atoms with Gasteiger partial charge >= 0.3 is 154 Å². The van der Waals surface area contributed by atoms with Crippen molar-refractivity contribution >= 4 is 0 Å². The Hall–Kier alpha value is 1.79. The zero-order chi connectivity index (χ0) is 13.5. The summed E-state index contributed by atoms with van der Waals surface area (Å²) in [4.78, 5) is 0. The van der Waals surface area contributed by atoms with Crippen LogP contribution in [0.5, 0.6) is 0 Å². The SMILES string of the molecule is [K+].[Mn+2].[O]=[Mn](=[O])(=[O])[O-].[O]=[Mn](=[O])(=[O])[O-].[O]=[Mn](=[O])(=[O])[O-]. The molecular formula is KMn4O12. The second-order valence-electron chi connectivity index (χ2n) is 1.13. The average molecular weight is 451 g/mol. The minimum atomic E-state index is -5.62. The average Bonchev–Trinajstić information content (AvgIpc) is 1.41. The van der Waals surface area contributed by atoms with Gasteiger partial charge < -0.3 is 0 Å². The van der Waals surface area contributed by atoms with Crippen LogP contribution in [0.3, 0.4) is 0 Å². The second-order valence-corrected chi connectivity index (χ2v) is 4.68. The molecule has 0 atom stereocenters. The molecule has 0 aliphatic heterocycles. The molecule has 0 aromatic carbocycles. The van der Waals surface area contributed by atoms with E-state index >= 15 is 0 Å². The van der Waals surface area contributed by atoms with Crippen LogP contribution in [0.2, 0.25) is 0 Å². The van der Waals surface area contributed by atoms with E-state index in [0.717, 1.165) is 0 Å². The van der Waals surface area contributed by atoms with Crippen molar-refractivity contribution in [3.63, 3.8) is 0 Å². The molecule has 1 radical (unpaired) electrons. The Bertz CT molecular complexity index is 482. The molecule has 0 rings (SSSR count). The molecule has 0 unspecified atom stereocenters. The summed E-state index contributed by atoms with van der Waals surface area (Å²) < 4.78 is 103. The number of rotatable bonds is 0. The molecule has 12 nitrogen and oxygen atoms in total. The van der Waals surface area contributed by atoms with Gasteiger partial charge in [0.25, 0.3) is 0 Å². The Morgan fingerprint density at radius 2 is 0.471 bits per heavy atom. The Morgan fingerprint density at radius 1 is 0.471 bits per heavy atom. The Balaban J connectivity index is -0.0000000400. The first-order chi connectivity index (χ1) is 6.00. The van der Waals surface area contributed by atoms with Gasteiger partial charge in [0, 0.05) is 0 Å². The van der Waals surface area contributed by atoms with Crippen LogP contribution >= 0.6 is 0 Å². The summed E-state index contributed by atoms with van der Waals surface area (Å²) in [7, 11) is 0. The molecule has 0 fully saturated rings. The van der Waals surface area contributed by atoms with Gasteiger partial charge in [0.15, 0.2) is 0 Å². The van der Waals surface area contributed by atoms with Crippen molar-refractivity contribution in [1.82, 2.24) is 0 Å². The fraction of sp³-hybridized carbons (Fsp3) is 0. The molecule has 0 bridgehead atoms. The van der Waals surface area contributed by atoms with E-state index in [1.54, 1.807) is 0 Å². The van der Waals surface area contributed by atoms with Crippen molar-refractivity contribution in [1.29, 1.82) is 0 Å². The molecule has 17 heavy (non-hydrogen) atoms. The first kappa shape index (κ1) is 31.3. The van der Waals surface area contributed by atoms with Crippen molar-refractivity contribution in [2.24, 2.45) is 0 Å². The van der Waals surface area contributed by atoms with Crippen molar-refractivity contribution in [2.45, 2.75) is 0 Å². The third kappa shape index (κ3) is 1380. The van der Waals surface area contributed by atoms with Gasteiger partial charge in [0.2, 0.25) is 0 Å². The predicted molar refractivity (Wildman–Crippen MR) is 6.18 cm³/mol. The molecule has 0 aliphatic carbocycles. The second kappa shape index (κ2) is 12.8. The molecule has 0 aromatic heterocycles. The third-order valence-corrected chi connectivity index (χ3v) is 0. The van der Waals surface area contributed by atoms with E-state index in [1.165, 1.54) is 0 Å². The van der Waals surface area contributed by atoms with Gasteiger partial charge in [-0.15, -0.1) is 0 Å². The molecule has 0 aromatic rings. The molecule has 0 N–H and O–H groups in total.